The Hall–Kier alpha value is -2.57. The predicted molar refractivity (Wildman–Crippen MR) is 120 cm³/mol. The van der Waals surface area contributed by atoms with Gasteiger partial charge in [0.05, 0.1) is 11.4 Å². The number of para-hydroxylation sites is 1. The Morgan fingerprint density at radius 1 is 1.00 bits per heavy atom. The summed E-state index contributed by atoms with van der Waals surface area (Å²) in [5, 5.41) is 9.45. The minimum absolute atomic E-state index is 0.204. The lowest BCUT2D eigenvalue weighted by atomic mass is 10.2. The van der Waals surface area contributed by atoms with E-state index < -0.39 is 0 Å². The van der Waals surface area contributed by atoms with E-state index >= 15 is 0 Å². The molecule has 2 aliphatic rings. The van der Waals surface area contributed by atoms with Gasteiger partial charge in [0.15, 0.2) is 0 Å². The molecule has 0 atom stereocenters. The molecule has 0 aliphatic carbocycles. The average molecular weight is 409 g/mol. The van der Waals surface area contributed by atoms with Crippen LogP contribution in [0.5, 0.6) is 0 Å². The van der Waals surface area contributed by atoms with Gasteiger partial charge in [0.1, 0.15) is 10.8 Å². The number of benzene rings is 2. The molecule has 1 aromatic heterocycles. The molecule has 150 valence electrons. The smallest absolute Gasteiger partial charge is 0.125 e. The third kappa shape index (κ3) is 3.47. The summed E-state index contributed by atoms with van der Waals surface area (Å²) in [6, 6.07) is 18.0. The highest BCUT2D eigenvalue weighted by atomic mass is 32.1. The van der Waals surface area contributed by atoms with Crippen LogP contribution in [0.1, 0.15) is 17.4 Å². The number of piperazine rings is 1. The van der Waals surface area contributed by atoms with Crippen molar-refractivity contribution in [2.75, 3.05) is 41.4 Å². The molecule has 1 fully saturated rings. The Morgan fingerprint density at radius 2 is 1.79 bits per heavy atom. The van der Waals surface area contributed by atoms with Crippen LogP contribution in [0.3, 0.4) is 0 Å². The summed E-state index contributed by atoms with van der Waals surface area (Å²) in [5.74, 6) is -0.204. The molecular weight excluding hydrogens is 383 g/mol. The van der Waals surface area contributed by atoms with Crippen LogP contribution in [0.25, 0.3) is 0 Å². The van der Waals surface area contributed by atoms with E-state index in [1.807, 2.05) is 17.4 Å². The summed E-state index contributed by atoms with van der Waals surface area (Å²) in [7, 11) is 0. The quantitative estimate of drug-likeness (QED) is 0.639. The van der Waals surface area contributed by atoms with Gasteiger partial charge in [-0.05, 0) is 42.8 Å². The maximum atomic E-state index is 13.9. The van der Waals surface area contributed by atoms with E-state index in [1.165, 1.54) is 21.1 Å². The fourth-order valence-corrected chi connectivity index (χ4v) is 5.32. The van der Waals surface area contributed by atoms with Crippen molar-refractivity contribution in [2.24, 2.45) is 0 Å². The molecule has 0 radical (unpaired) electrons. The van der Waals surface area contributed by atoms with Gasteiger partial charge in [0.2, 0.25) is 0 Å². The van der Waals surface area contributed by atoms with Crippen molar-refractivity contribution in [3.8, 4) is 0 Å². The monoisotopic (exact) mass is 408 g/mol. The maximum absolute atomic E-state index is 13.9. The number of hydrazine groups is 1. The van der Waals surface area contributed by atoms with Crippen molar-refractivity contribution in [2.45, 2.75) is 19.9 Å². The molecule has 0 spiro atoms. The Morgan fingerprint density at radius 3 is 2.55 bits per heavy atom. The van der Waals surface area contributed by atoms with Gasteiger partial charge in [0.25, 0.3) is 0 Å². The highest BCUT2D eigenvalue weighted by Gasteiger charge is 2.30. The largest absolute Gasteiger partial charge is 0.379 e. The highest BCUT2D eigenvalue weighted by Crippen LogP contribution is 2.44. The molecule has 5 rings (SSSR count). The number of aryl methyl sites for hydroxylation is 1. The summed E-state index contributed by atoms with van der Waals surface area (Å²) >= 11 is 1.85. The van der Waals surface area contributed by atoms with Gasteiger partial charge in [-0.3, -0.25) is 5.01 Å². The Balaban J connectivity index is 1.48. The zero-order valence-electron chi connectivity index (χ0n) is 16.6. The van der Waals surface area contributed by atoms with Crippen molar-refractivity contribution in [1.29, 1.82) is 0 Å². The zero-order chi connectivity index (χ0) is 19.8. The number of anilines is 4. The molecule has 0 unspecified atom stereocenters. The molecule has 1 N–H and O–H groups in total. The first-order valence-corrected chi connectivity index (χ1v) is 11.0. The molecule has 4 nitrogen and oxygen atoms in total. The molecule has 29 heavy (non-hydrogen) atoms. The number of halogens is 1. The lowest BCUT2D eigenvalue weighted by Gasteiger charge is -2.42. The Bertz CT molecular complexity index is 995. The van der Waals surface area contributed by atoms with Gasteiger partial charge in [-0.15, -0.1) is 11.3 Å². The first kappa shape index (κ1) is 18.5. The summed E-state index contributed by atoms with van der Waals surface area (Å²) in [4.78, 5) is 3.82. The van der Waals surface area contributed by atoms with E-state index in [9.17, 15) is 4.39 Å². The van der Waals surface area contributed by atoms with Crippen molar-refractivity contribution < 1.29 is 4.39 Å². The summed E-state index contributed by atoms with van der Waals surface area (Å²) < 4.78 is 13.9. The minimum atomic E-state index is -0.204. The van der Waals surface area contributed by atoms with Gasteiger partial charge in [-0.25, -0.2) is 9.40 Å². The molecule has 0 amide bonds. The lowest BCUT2D eigenvalue weighted by Crippen LogP contribution is -2.52. The van der Waals surface area contributed by atoms with Crippen LogP contribution < -0.4 is 15.2 Å². The Kier molecular flexibility index (Phi) is 4.89. The van der Waals surface area contributed by atoms with E-state index in [0.29, 0.717) is 0 Å². The molecule has 0 saturated carbocycles. The normalized spacial score (nSPS) is 16.8. The third-order valence-corrected chi connectivity index (χ3v) is 6.99. The summed E-state index contributed by atoms with van der Waals surface area (Å²) in [5.41, 5.74) is 4.45. The average Bonchev–Trinajstić information content (AvgIpc) is 3.11. The number of thiophene rings is 1. The topological polar surface area (TPSA) is 21.8 Å². The van der Waals surface area contributed by atoms with E-state index in [1.54, 1.807) is 12.1 Å². The maximum Gasteiger partial charge on any atom is 0.125 e. The number of fused-ring (bicyclic) bond motifs is 2. The molecule has 1 saturated heterocycles. The first-order chi connectivity index (χ1) is 14.2. The number of nitrogens with zero attached hydrogens (tertiary/aromatic N) is 3. The van der Waals surface area contributed by atoms with Gasteiger partial charge in [-0.1, -0.05) is 25.1 Å². The van der Waals surface area contributed by atoms with Crippen LogP contribution in [0.2, 0.25) is 0 Å². The number of nitrogens with one attached hydrogen (secondary N) is 1. The molecule has 0 bridgehead atoms. The van der Waals surface area contributed by atoms with Crippen LogP contribution in [-0.2, 0) is 13.0 Å². The van der Waals surface area contributed by atoms with Crippen molar-refractivity contribution in [3.05, 3.63) is 70.9 Å². The zero-order valence-corrected chi connectivity index (χ0v) is 17.4. The van der Waals surface area contributed by atoms with Crippen molar-refractivity contribution in [1.82, 2.24) is 5.01 Å². The van der Waals surface area contributed by atoms with Crippen LogP contribution >= 0.6 is 11.3 Å². The van der Waals surface area contributed by atoms with Gasteiger partial charge >= 0.3 is 0 Å². The number of hydrogen-bond donors (Lipinski definition) is 1. The van der Waals surface area contributed by atoms with Gasteiger partial charge < -0.3 is 10.2 Å². The highest BCUT2D eigenvalue weighted by molar-refractivity contribution is 7.16. The standard InChI is InChI=1S/C23H25FN4S/c1-2-20-14-17-16-25-21-15-18(24)8-9-22(21)28(23(17)29-20)27-12-10-26(11-13-27)19-6-4-3-5-7-19/h3-9,14-15,25H,2,10-13,16H2,1H3. The van der Waals surface area contributed by atoms with Crippen molar-refractivity contribution >= 4 is 33.4 Å². The lowest BCUT2D eigenvalue weighted by molar-refractivity contribution is 0.263. The number of hydrogen-bond acceptors (Lipinski definition) is 5. The van der Waals surface area contributed by atoms with E-state index in [0.717, 1.165) is 50.5 Å². The summed E-state index contributed by atoms with van der Waals surface area (Å²) in [6.07, 6.45) is 1.03. The molecule has 3 aromatic rings. The molecule has 3 heterocycles. The van der Waals surface area contributed by atoms with Crippen LogP contribution in [-0.4, -0.2) is 31.2 Å². The van der Waals surface area contributed by atoms with Crippen molar-refractivity contribution in [3.63, 3.8) is 0 Å². The Labute approximate surface area is 175 Å². The molecule has 2 aromatic carbocycles. The molecular formula is C23H25FN4S. The minimum Gasteiger partial charge on any atom is -0.379 e. The SMILES string of the molecule is CCc1cc2c(s1)N(N1CCN(c3ccccc3)CC1)c1ccc(F)cc1NC2. The van der Waals surface area contributed by atoms with Gasteiger partial charge in [0, 0.05) is 48.9 Å². The van der Waals surface area contributed by atoms with E-state index in [-0.39, 0.29) is 5.82 Å². The van der Waals surface area contributed by atoms with Crippen LogP contribution in [0.15, 0.2) is 54.6 Å². The third-order valence-electron chi connectivity index (χ3n) is 5.69. The fourth-order valence-electron chi connectivity index (χ4n) is 4.16. The van der Waals surface area contributed by atoms with Crippen LogP contribution in [0, 0.1) is 5.82 Å². The van der Waals surface area contributed by atoms with Crippen LogP contribution in [0.4, 0.5) is 26.5 Å². The number of rotatable bonds is 3. The molecule has 2 aliphatic heterocycles. The second-order valence-corrected chi connectivity index (χ2v) is 8.61. The molecule has 6 heteroatoms. The second-order valence-electron chi connectivity index (χ2n) is 7.50. The van der Waals surface area contributed by atoms with E-state index in [4.69, 9.17) is 0 Å². The summed E-state index contributed by atoms with van der Waals surface area (Å²) in [6.45, 7) is 6.69. The predicted octanol–water partition coefficient (Wildman–Crippen LogP) is 5.25. The first-order valence-electron chi connectivity index (χ1n) is 10.2. The second kappa shape index (κ2) is 7.69. The fraction of sp³-hybridized carbons (Fsp3) is 0.304. The van der Waals surface area contributed by atoms with Gasteiger partial charge in [-0.2, -0.15) is 0 Å². The van der Waals surface area contributed by atoms with E-state index in [2.05, 4.69) is 63.6 Å².